The number of amides is 1. The number of aromatic nitrogens is 1. The highest BCUT2D eigenvalue weighted by Crippen LogP contribution is 2.31. The molecule has 0 saturated carbocycles. The number of hydrogen-bond acceptors (Lipinski definition) is 5. The lowest BCUT2D eigenvalue weighted by Gasteiger charge is -2.27. The molecule has 23 heavy (non-hydrogen) atoms. The van der Waals surface area contributed by atoms with Crippen LogP contribution in [0.4, 0.5) is 0 Å². The van der Waals surface area contributed by atoms with Crippen LogP contribution in [0.5, 0.6) is 0 Å². The molecule has 2 aliphatic heterocycles. The third-order valence-electron chi connectivity index (χ3n) is 4.50. The first-order chi connectivity index (χ1) is 11.3. The third kappa shape index (κ3) is 4.07. The molecule has 0 N–H and O–H groups in total. The van der Waals surface area contributed by atoms with Crippen LogP contribution in [0.3, 0.4) is 0 Å². The Labute approximate surface area is 137 Å². The van der Waals surface area contributed by atoms with Gasteiger partial charge in [0, 0.05) is 33.3 Å². The van der Waals surface area contributed by atoms with Gasteiger partial charge in [0.2, 0.25) is 5.91 Å². The monoisotopic (exact) mass is 319 g/mol. The first kappa shape index (κ1) is 16.4. The Morgan fingerprint density at radius 2 is 2.17 bits per heavy atom. The van der Waals surface area contributed by atoms with Crippen molar-refractivity contribution in [3.05, 3.63) is 29.6 Å². The molecular formula is C17H25N3O3. The molecule has 6 nitrogen and oxygen atoms in total. The van der Waals surface area contributed by atoms with Gasteiger partial charge in [-0.25, -0.2) is 0 Å². The molecule has 0 bridgehead atoms. The van der Waals surface area contributed by atoms with Crippen LogP contribution in [-0.4, -0.2) is 67.3 Å². The van der Waals surface area contributed by atoms with Gasteiger partial charge in [0.1, 0.15) is 6.61 Å². The van der Waals surface area contributed by atoms with Crippen LogP contribution in [0.2, 0.25) is 0 Å². The van der Waals surface area contributed by atoms with Crippen molar-refractivity contribution in [2.24, 2.45) is 0 Å². The highest BCUT2D eigenvalue weighted by Gasteiger charge is 2.30. The highest BCUT2D eigenvalue weighted by atomic mass is 16.5. The summed E-state index contributed by atoms with van der Waals surface area (Å²) < 4.78 is 10.4. The van der Waals surface area contributed by atoms with Gasteiger partial charge in [0.15, 0.2) is 0 Å². The maximum Gasteiger partial charge on any atom is 0.249 e. The molecule has 0 spiro atoms. The lowest BCUT2D eigenvalue weighted by atomic mass is 10.1. The van der Waals surface area contributed by atoms with E-state index in [0.717, 1.165) is 63.6 Å². The Morgan fingerprint density at radius 1 is 1.35 bits per heavy atom. The smallest absolute Gasteiger partial charge is 0.249 e. The van der Waals surface area contributed by atoms with Crippen molar-refractivity contribution >= 4 is 5.91 Å². The van der Waals surface area contributed by atoms with E-state index < -0.39 is 0 Å². The fourth-order valence-electron chi connectivity index (χ4n) is 3.34. The van der Waals surface area contributed by atoms with E-state index in [2.05, 4.69) is 17.0 Å². The zero-order valence-corrected chi connectivity index (χ0v) is 13.7. The van der Waals surface area contributed by atoms with Gasteiger partial charge in [0.05, 0.1) is 30.6 Å². The molecule has 0 radical (unpaired) electrons. The summed E-state index contributed by atoms with van der Waals surface area (Å²) in [7, 11) is 1.56. The van der Waals surface area contributed by atoms with E-state index in [0.29, 0.717) is 0 Å². The second kappa shape index (κ2) is 7.86. The molecule has 1 aromatic heterocycles. The van der Waals surface area contributed by atoms with Gasteiger partial charge < -0.3 is 14.4 Å². The van der Waals surface area contributed by atoms with Crippen LogP contribution >= 0.6 is 0 Å². The molecule has 1 unspecified atom stereocenters. The molecule has 0 aliphatic carbocycles. The van der Waals surface area contributed by atoms with Crippen LogP contribution in [0.25, 0.3) is 0 Å². The van der Waals surface area contributed by atoms with E-state index >= 15 is 0 Å². The van der Waals surface area contributed by atoms with Gasteiger partial charge in [-0.05, 0) is 25.0 Å². The normalized spacial score (nSPS) is 22.5. The van der Waals surface area contributed by atoms with Gasteiger partial charge in [-0.2, -0.15) is 0 Å². The summed E-state index contributed by atoms with van der Waals surface area (Å²) in [5.74, 6) is 0.0513. The number of pyridine rings is 1. The molecule has 0 aromatic carbocycles. The van der Waals surface area contributed by atoms with Crippen LogP contribution in [0.1, 0.15) is 30.3 Å². The maximum atomic E-state index is 12.2. The van der Waals surface area contributed by atoms with Crippen LogP contribution in [0.15, 0.2) is 18.2 Å². The summed E-state index contributed by atoms with van der Waals surface area (Å²) in [6.45, 7) is 5.27. The topological polar surface area (TPSA) is 54.9 Å². The van der Waals surface area contributed by atoms with E-state index in [1.54, 1.807) is 7.11 Å². The van der Waals surface area contributed by atoms with E-state index in [-0.39, 0.29) is 18.6 Å². The Morgan fingerprint density at radius 3 is 2.96 bits per heavy atom. The van der Waals surface area contributed by atoms with Gasteiger partial charge in [-0.15, -0.1) is 0 Å². The van der Waals surface area contributed by atoms with Crippen LogP contribution in [0, 0.1) is 0 Å². The molecule has 3 heterocycles. The largest absolute Gasteiger partial charge is 0.379 e. The minimum absolute atomic E-state index is 0.0513. The van der Waals surface area contributed by atoms with Gasteiger partial charge >= 0.3 is 0 Å². The standard InChI is InChI=1S/C17H25N3O3/c1-22-13-17(21)20-7-3-6-16(20)15-5-2-4-14(18-15)12-19-8-10-23-11-9-19/h2,4-5,16H,3,6-13H2,1H3. The van der Waals surface area contributed by atoms with Gasteiger partial charge in [-0.3, -0.25) is 14.7 Å². The molecule has 1 atom stereocenters. The van der Waals surface area contributed by atoms with Crippen molar-refractivity contribution in [1.29, 1.82) is 0 Å². The second-order valence-electron chi connectivity index (χ2n) is 6.12. The minimum atomic E-state index is 0.0513. The average Bonchev–Trinajstić information content (AvgIpc) is 3.06. The predicted molar refractivity (Wildman–Crippen MR) is 85.9 cm³/mol. The molecule has 1 aromatic rings. The summed E-state index contributed by atoms with van der Waals surface area (Å²) in [6.07, 6.45) is 2.00. The van der Waals surface area contributed by atoms with Gasteiger partial charge in [-0.1, -0.05) is 6.07 Å². The highest BCUT2D eigenvalue weighted by molar-refractivity contribution is 5.78. The number of likely N-dealkylation sites (tertiary alicyclic amines) is 1. The molecular weight excluding hydrogens is 294 g/mol. The van der Waals surface area contributed by atoms with E-state index in [1.807, 2.05) is 11.0 Å². The zero-order chi connectivity index (χ0) is 16.1. The average molecular weight is 319 g/mol. The molecule has 2 fully saturated rings. The number of ether oxygens (including phenoxy) is 2. The molecule has 2 saturated heterocycles. The van der Waals surface area contributed by atoms with Crippen molar-refractivity contribution in [3.8, 4) is 0 Å². The number of hydrogen-bond donors (Lipinski definition) is 0. The summed E-state index contributed by atoms with van der Waals surface area (Å²) in [4.78, 5) is 21.3. The van der Waals surface area contributed by atoms with E-state index in [4.69, 9.17) is 14.5 Å². The Bertz CT molecular complexity index is 532. The van der Waals surface area contributed by atoms with Crippen molar-refractivity contribution in [2.75, 3.05) is 46.6 Å². The van der Waals surface area contributed by atoms with Crippen molar-refractivity contribution in [3.63, 3.8) is 0 Å². The maximum absolute atomic E-state index is 12.2. The predicted octanol–water partition coefficient (Wildman–Crippen LogP) is 1.22. The summed E-state index contributed by atoms with van der Waals surface area (Å²) in [5, 5.41) is 0. The number of rotatable bonds is 5. The third-order valence-corrected chi connectivity index (χ3v) is 4.50. The summed E-state index contributed by atoms with van der Waals surface area (Å²) >= 11 is 0. The number of methoxy groups -OCH3 is 1. The second-order valence-corrected chi connectivity index (χ2v) is 6.12. The molecule has 6 heteroatoms. The quantitative estimate of drug-likeness (QED) is 0.817. The Balaban J connectivity index is 1.69. The fourth-order valence-corrected chi connectivity index (χ4v) is 3.34. The SMILES string of the molecule is COCC(=O)N1CCCC1c1cccc(CN2CCOCC2)n1. The first-order valence-corrected chi connectivity index (χ1v) is 8.32. The molecule has 3 rings (SSSR count). The van der Waals surface area contributed by atoms with E-state index in [1.165, 1.54) is 0 Å². The summed E-state index contributed by atoms with van der Waals surface area (Å²) in [6, 6.07) is 6.23. The van der Waals surface area contributed by atoms with Crippen LogP contribution < -0.4 is 0 Å². The van der Waals surface area contributed by atoms with Crippen molar-refractivity contribution in [1.82, 2.24) is 14.8 Å². The number of nitrogens with zero attached hydrogens (tertiary/aromatic N) is 3. The zero-order valence-electron chi connectivity index (χ0n) is 13.7. The Hall–Kier alpha value is -1.50. The van der Waals surface area contributed by atoms with Gasteiger partial charge in [0.25, 0.3) is 0 Å². The summed E-state index contributed by atoms with van der Waals surface area (Å²) in [5.41, 5.74) is 2.06. The fraction of sp³-hybridized carbons (Fsp3) is 0.647. The van der Waals surface area contributed by atoms with Crippen molar-refractivity contribution < 1.29 is 14.3 Å². The first-order valence-electron chi connectivity index (χ1n) is 8.32. The van der Waals surface area contributed by atoms with Crippen molar-refractivity contribution in [2.45, 2.75) is 25.4 Å². The van der Waals surface area contributed by atoms with E-state index in [9.17, 15) is 4.79 Å². The molecule has 1 amide bonds. The molecule has 126 valence electrons. The minimum Gasteiger partial charge on any atom is -0.379 e. The lowest BCUT2D eigenvalue weighted by molar-refractivity contribution is -0.136. The number of carbonyl (C=O) groups excluding carboxylic acids is 1. The number of carbonyl (C=O) groups is 1. The number of morpholine rings is 1. The Kier molecular flexibility index (Phi) is 5.59. The lowest BCUT2D eigenvalue weighted by Crippen LogP contribution is -2.36. The molecule has 2 aliphatic rings. The van der Waals surface area contributed by atoms with Crippen LogP contribution in [-0.2, 0) is 20.8 Å².